The third kappa shape index (κ3) is 3.55. The number of nitrogens with one attached hydrogen (secondary N) is 1. The van der Waals surface area contributed by atoms with Crippen molar-refractivity contribution in [1.29, 1.82) is 0 Å². The minimum absolute atomic E-state index is 0.136. The Hall–Kier alpha value is -1.37. The van der Waals surface area contributed by atoms with Crippen LogP contribution in [0.5, 0.6) is 0 Å². The molecule has 0 spiro atoms. The zero-order chi connectivity index (χ0) is 13.1. The van der Waals surface area contributed by atoms with Gasteiger partial charge in [0.05, 0.1) is 5.56 Å². The van der Waals surface area contributed by atoms with E-state index in [1.807, 2.05) is 0 Å². The minimum atomic E-state index is -4.68. The van der Waals surface area contributed by atoms with Crippen LogP contribution in [0, 0.1) is 0 Å². The second-order valence-corrected chi connectivity index (χ2v) is 3.32. The summed E-state index contributed by atoms with van der Waals surface area (Å²) in [4.78, 5) is 0. The number of alkyl halides is 5. The van der Waals surface area contributed by atoms with Gasteiger partial charge in [0.1, 0.15) is 0 Å². The van der Waals surface area contributed by atoms with Crippen LogP contribution in [0.15, 0.2) is 18.2 Å². The minimum Gasteiger partial charge on any atom is -0.383 e. The van der Waals surface area contributed by atoms with Gasteiger partial charge in [0.25, 0.3) is 6.43 Å². The Balaban J connectivity index is 3.13. The smallest absolute Gasteiger partial charge is 0.383 e. The molecule has 0 aliphatic rings. The molecule has 0 amide bonds. The quantitative estimate of drug-likeness (QED) is 0.810. The zero-order valence-electron chi connectivity index (χ0n) is 8.69. The molecular formula is C10H11F5N2. The molecule has 0 aromatic heterocycles. The fraction of sp³-hybridized carbons (Fsp3) is 0.400. The van der Waals surface area contributed by atoms with Crippen LogP contribution in [0.25, 0.3) is 0 Å². The van der Waals surface area contributed by atoms with Gasteiger partial charge >= 0.3 is 6.18 Å². The van der Waals surface area contributed by atoms with Crippen LogP contribution in [0.3, 0.4) is 0 Å². The summed E-state index contributed by atoms with van der Waals surface area (Å²) in [7, 11) is 0. The molecule has 0 saturated heterocycles. The first-order chi connectivity index (χ1) is 7.86. The van der Waals surface area contributed by atoms with Gasteiger partial charge in [-0.15, -0.1) is 0 Å². The maximum Gasteiger partial charge on any atom is 0.418 e. The third-order valence-electron chi connectivity index (χ3n) is 2.06. The molecule has 0 fully saturated rings. The molecule has 0 saturated carbocycles. The van der Waals surface area contributed by atoms with Gasteiger partial charge in [-0.1, -0.05) is 6.07 Å². The average molecular weight is 254 g/mol. The van der Waals surface area contributed by atoms with Crippen molar-refractivity contribution in [3.63, 3.8) is 0 Å². The number of nitrogens with two attached hydrogens (primary N) is 1. The predicted molar refractivity (Wildman–Crippen MR) is 53.9 cm³/mol. The molecule has 7 heteroatoms. The second kappa shape index (κ2) is 5.31. The van der Waals surface area contributed by atoms with E-state index in [4.69, 9.17) is 5.73 Å². The highest BCUT2D eigenvalue weighted by Crippen LogP contribution is 2.37. The van der Waals surface area contributed by atoms with Crippen molar-refractivity contribution < 1.29 is 22.0 Å². The van der Waals surface area contributed by atoms with Gasteiger partial charge in [0.15, 0.2) is 0 Å². The molecule has 1 aromatic carbocycles. The molecule has 0 aliphatic carbocycles. The SMILES string of the molecule is NCCNc1ccc(C(F)F)cc1C(F)(F)F. The van der Waals surface area contributed by atoms with E-state index in [0.29, 0.717) is 6.07 Å². The molecular weight excluding hydrogens is 243 g/mol. The van der Waals surface area contributed by atoms with Crippen molar-refractivity contribution in [1.82, 2.24) is 0 Å². The summed E-state index contributed by atoms with van der Waals surface area (Å²) in [5.74, 6) is 0. The normalized spacial score (nSPS) is 11.9. The molecule has 0 bridgehead atoms. The summed E-state index contributed by atoms with van der Waals surface area (Å²) in [6.45, 7) is 0.283. The lowest BCUT2D eigenvalue weighted by Crippen LogP contribution is -2.17. The van der Waals surface area contributed by atoms with E-state index in [2.05, 4.69) is 5.32 Å². The highest BCUT2D eigenvalue weighted by Gasteiger charge is 2.34. The summed E-state index contributed by atoms with van der Waals surface area (Å²) in [6.07, 6.45) is -7.61. The van der Waals surface area contributed by atoms with Crippen LogP contribution in [0.2, 0.25) is 0 Å². The van der Waals surface area contributed by atoms with Gasteiger partial charge in [0, 0.05) is 24.3 Å². The van der Waals surface area contributed by atoms with E-state index in [9.17, 15) is 22.0 Å². The standard InChI is InChI=1S/C10H11F5N2/c11-9(12)6-1-2-8(17-4-3-16)7(5-6)10(13,14)15/h1-2,5,9,17H,3-4,16H2. The lowest BCUT2D eigenvalue weighted by Gasteiger charge is -2.15. The van der Waals surface area contributed by atoms with Crippen molar-refractivity contribution in [2.24, 2.45) is 5.73 Å². The van der Waals surface area contributed by atoms with Crippen molar-refractivity contribution in [2.75, 3.05) is 18.4 Å². The Morgan fingerprint density at radius 3 is 2.35 bits per heavy atom. The summed E-state index contributed by atoms with van der Waals surface area (Å²) in [5, 5.41) is 2.45. The number of hydrogen-bond donors (Lipinski definition) is 2. The van der Waals surface area contributed by atoms with Crippen molar-refractivity contribution in [3.8, 4) is 0 Å². The van der Waals surface area contributed by atoms with Gasteiger partial charge in [0.2, 0.25) is 0 Å². The van der Waals surface area contributed by atoms with E-state index in [-0.39, 0.29) is 18.8 Å². The molecule has 1 aromatic rings. The molecule has 0 aliphatic heterocycles. The fourth-order valence-corrected chi connectivity index (χ4v) is 1.29. The van der Waals surface area contributed by atoms with Crippen LogP contribution >= 0.6 is 0 Å². The number of benzene rings is 1. The Bertz CT molecular complexity index is 375. The summed E-state index contributed by atoms with van der Waals surface area (Å²) in [6, 6.07) is 2.39. The first kappa shape index (κ1) is 13.7. The lowest BCUT2D eigenvalue weighted by atomic mass is 10.1. The van der Waals surface area contributed by atoms with Gasteiger partial charge in [-0.2, -0.15) is 13.2 Å². The van der Waals surface area contributed by atoms with Crippen LogP contribution in [-0.2, 0) is 6.18 Å². The molecule has 0 heterocycles. The van der Waals surface area contributed by atoms with Crippen molar-refractivity contribution in [2.45, 2.75) is 12.6 Å². The molecule has 2 nitrogen and oxygen atoms in total. The maximum atomic E-state index is 12.6. The van der Waals surface area contributed by atoms with Crippen molar-refractivity contribution in [3.05, 3.63) is 29.3 Å². The van der Waals surface area contributed by atoms with Gasteiger partial charge in [-0.05, 0) is 12.1 Å². The molecule has 96 valence electrons. The summed E-state index contributed by atoms with van der Waals surface area (Å²) >= 11 is 0. The largest absolute Gasteiger partial charge is 0.418 e. The van der Waals surface area contributed by atoms with Gasteiger partial charge in [-0.25, -0.2) is 8.78 Å². The van der Waals surface area contributed by atoms with E-state index in [1.165, 1.54) is 0 Å². The first-order valence-corrected chi connectivity index (χ1v) is 4.79. The molecule has 0 unspecified atom stereocenters. The first-order valence-electron chi connectivity index (χ1n) is 4.79. The van der Waals surface area contributed by atoms with Crippen LogP contribution in [0.4, 0.5) is 27.6 Å². The zero-order valence-corrected chi connectivity index (χ0v) is 8.69. The Morgan fingerprint density at radius 2 is 1.88 bits per heavy atom. The molecule has 3 N–H and O–H groups in total. The summed E-state index contributed by atoms with van der Waals surface area (Å²) in [5.41, 5.74) is 3.14. The second-order valence-electron chi connectivity index (χ2n) is 3.32. The predicted octanol–water partition coefficient (Wildman–Crippen LogP) is 3.01. The molecule has 0 atom stereocenters. The van der Waals surface area contributed by atoms with Crippen LogP contribution in [-0.4, -0.2) is 13.1 Å². The van der Waals surface area contributed by atoms with Crippen LogP contribution < -0.4 is 11.1 Å². The third-order valence-corrected chi connectivity index (χ3v) is 2.06. The Morgan fingerprint density at radius 1 is 1.24 bits per heavy atom. The Labute approximate surface area is 94.6 Å². The van der Waals surface area contributed by atoms with Gasteiger partial charge < -0.3 is 11.1 Å². The maximum absolute atomic E-state index is 12.6. The lowest BCUT2D eigenvalue weighted by molar-refractivity contribution is -0.137. The monoisotopic (exact) mass is 254 g/mol. The van der Waals surface area contributed by atoms with Crippen LogP contribution in [0.1, 0.15) is 17.6 Å². The number of anilines is 1. The highest BCUT2D eigenvalue weighted by atomic mass is 19.4. The number of rotatable bonds is 4. The highest BCUT2D eigenvalue weighted by molar-refractivity contribution is 5.54. The number of hydrogen-bond acceptors (Lipinski definition) is 2. The van der Waals surface area contributed by atoms with E-state index in [1.54, 1.807) is 0 Å². The Kier molecular flexibility index (Phi) is 4.28. The molecule has 1 rings (SSSR count). The van der Waals surface area contributed by atoms with E-state index >= 15 is 0 Å². The average Bonchev–Trinajstić information content (AvgIpc) is 2.24. The topological polar surface area (TPSA) is 38.0 Å². The number of halogens is 5. The molecule has 0 radical (unpaired) electrons. The van der Waals surface area contributed by atoms with Crippen molar-refractivity contribution >= 4 is 5.69 Å². The molecule has 17 heavy (non-hydrogen) atoms. The van der Waals surface area contributed by atoms with E-state index in [0.717, 1.165) is 12.1 Å². The fourth-order valence-electron chi connectivity index (χ4n) is 1.29. The summed E-state index contributed by atoms with van der Waals surface area (Å²) < 4.78 is 62.4. The van der Waals surface area contributed by atoms with E-state index < -0.39 is 23.7 Å². The van der Waals surface area contributed by atoms with Gasteiger partial charge in [-0.3, -0.25) is 0 Å².